The van der Waals surface area contributed by atoms with Crippen molar-refractivity contribution in [1.82, 2.24) is 0 Å². The van der Waals surface area contributed by atoms with E-state index >= 15 is 0 Å². The number of hydrogen-bond donors (Lipinski definition) is 0. The molecule has 25 heavy (non-hydrogen) atoms. The Morgan fingerprint density at radius 3 is 2.28 bits per heavy atom. The molecule has 0 N–H and O–H groups in total. The summed E-state index contributed by atoms with van der Waals surface area (Å²) in [6.07, 6.45) is 0. The van der Waals surface area contributed by atoms with Gasteiger partial charge in [0.25, 0.3) is 15.9 Å². The number of para-hydroxylation sites is 1. The molecule has 0 fully saturated rings. The number of nitrogens with zero attached hydrogens (tertiary/aromatic N) is 1. The molecule has 1 heterocycles. The van der Waals surface area contributed by atoms with E-state index in [1.807, 2.05) is 25.1 Å². The van der Waals surface area contributed by atoms with Gasteiger partial charge in [0.2, 0.25) is 0 Å². The summed E-state index contributed by atoms with van der Waals surface area (Å²) in [7, 11) is -3.97. The molecule has 0 aromatic heterocycles. The van der Waals surface area contributed by atoms with E-state index in [0.29, 0.717) is 16.8 Å². The van der Waals surface area contributed by atoms with Gasteiger partial charge in [-0.1, -0.05) is 54.1 Å². The molecule has 0 bridgehead atoms. The third-order valence-electron chi connectivity index (χ3n) is 4.27. The number of sulfonamides is 1. The smallest absolute Gasteiger partial charge is 0.268 e. The topological polar surface area (TPSA) is 54.5 Å². The van der Waals surface area contributed by atoms with Crippen LogP contribution >= 0.6 is 0 Å². The van der Waals surface area contributed by atoms with Crippen molar-refractivity contribution in [3.8, 4) is 11.1 Å². The van der Waals surface area contributed by atoms with Gasteiger partial charge in [-0.25, -0.2) is 8.42 Å². The zero-order valence-electron chi connectivity index (χ0n) is 13.5. The summed E-state index contributed by atoms with van der Waals surface area (Å²) in [5.41, 5.74) is 2.97. The van der Waals surface area contributed by atoms with Gasteiger partial charge in [0.05, 0.1) is 10.6 Å². The Labute approximate surface area is 146 Å². The van der Waals surface area contributed by atoms with Crippen LogP contribution in [0.1, 0.15) is 15.9 Å². The first-order chi connectivity index (χ1) is 12.0. The predicted octanol–water partition coefficient (Wildman–Crippen LogP) is 4.01. The van der Waals surface area contributed by atoms with E-state index in [1.54, 1.807) is 48.5 Å². The number of amides is 1. The highest BCUT2D eigenvalue weighted by Crippen LogP contribution is 2.43. The molecular formula is C20H15NO3S. The van der Waals surface area contributed by atoms with Crippen molar-refractivity contribution in [1.29, 1.82) is 0 Å². The van der Waals surface area contributed by atoms with Crippen LogP contribution in [0.2, 0.25) is 0 Å². The summed E-state index contributed by atoms with van der Waals surface area (Å²) in [4.78, 5) is 13.2. The third kappa shape index (κ3) is 2.36. The molecule has 5 heteroatoms. The standard InChI is InChI=1S/C20H15NO3S/c1-14-7-6-8-15(13-14)20(22)21-18-11-4-2-9-16(18)17-10-3-5-12-19(17)25(21,23)24/h2-13H,1H3. The lowest BCUT2D eigenvalue weighted by Gasteiger charge is -2.30. The Kier molecular flexibility index (Phi) is 3.47. The molecule has 4 rings (SSSR count). The van der Waals surface area contributed by atoms with Crippen LogP contribution < -0.4 is 4.31 Å². The normalized spacial score (nSPS) is 14.5. The lowest BCUT2D eigenvalue weighted by atomic mass is 10.0. The molecule has 1 amide bonds. The van der Waals surface area contributed by atoms with Crippen molar-refractivity contribution in [3.63, 3.8) is 0 Å². The number of anilines is 1. The van der Waals surface area contributed by atoms with Crippen LogP contribution in [-0.4, -0.2) is 14.3 Å². The first-order valence-corrected chi connectivity index (χ1v) is 9.29. The van der Waals surface area contributed by atoms with Gasteiger partial charge in [-0.3, -0.25) is 4.79 Å². The Morgan fingerprint density at radius 2 is 1.52 bits per heavy atom. The number of benzene rings is 3. The molecule has 0 radical (unpaired) electrons. The quantitative estimate of drug-likeness (QED) is 0.667. The number of fused-ring (bicyclic) bond motifs is 3. The van der Waals surface area contributed by atoms with Crippen molar-refractivity contribution in [3.05, 3.63) is 83.9 Å². The average molecular weight is 349 g/mol. The van der Waals surface area contributed by atoms with Crippen molar-refractivity contribution >= 4 is 21.6 Å². The average Bonchev–Trinajstić information content (AvgIpc) is 2.61. The summed E-state index contributed by atoms with van der Waals surface area (Å²) >= 11 is 0. The van der Waals surface area contributed by atoms with Crippen LogP contribution in [0.25, 0.3) is 11.1 Å². The molecule has 0 aliphatic carbocycles. The highest BCUT2D eigenvalue weighted by atomic mass is 32.2. The van der Waals surface area contributed by atoms with Gasteiger partial charge in [-0.05, 0) is 31.2 Å². The summed E-state index contributed by atoms with van der Waals surface area (Å²) in [6.45, 7) is 1.87. The van der Waals surface area contributed by atoms with E-state index in [9.17, 15) is 13.2 Å². The highest BCUT2D eigenvalue weighted by Gasteiger charge is 2.39. The van der Waals surface area contributed by atoms with Gasteiger partial charge in [-0.2, -0.15) is 4.31 Å². The molecule has 3 aromatic rings. The summed E-state index contributed by atoms with van der Waals surface area (Å²) in [5.74, 6) is -0.550. The van der Waals surface area contributed by atoms with E-state index in [4.69, 9.17) is 0 Å². The van der Waals surface area contributed by atoms with Crippen molar-refractivity contribution < 1.29 is 13.2 Å². The van der Waals surface area contributed by atoms with Gasteiger partial charge in [0, 0.05) is 16.7 Å². The largest absolute Gasteiger partial charge is 0.272 e. The fraction of sp³-hybridized carbons (Fsp3) is 0.0500. The van der Waals surface area contributed by atoms with Crippen LogP contribution in [0, 0.1) is 6.92 Å². The minimum atomic E-state index is -3.97. The fourth-order valence-electron chi connectivity index (χ4n) is 3.13. The lowest BCUT2D eigenvalue weighted by Crippen LogP contribution is -2.39. The summed E-state index contributed by atoms with van der Waals surface area (Å²) < 4.78 is 27.3. The summed E-state index contributed by atoms with van der Waals surface area (Å²) in [5, 5.41) is 0. The highest BCUT2D eigenvalue weighted by molar-refractivity contribution is 7.93. The number of rotatable bonds is 1. The van der Waals surface area contributed by atoms with E-state index in [1.165, 1.54) is 6.07 Å². The van der Waals surface area contributed by atoms with Gasteiger partial charge in [0.15, 0.2) is 0 Å². The molecule has 0 saturated heterocycles. The van der Waals surface area contributed by atoms with Crippen LogP contribution in [0.3, 0.4) is 0 Å². The zero-order chi connectivity index (χ0) is 17.6. The number of aryl methyl sites for hydroxylation is 1. The molecule has 0 unspecified atom stereocenters. The number of carbonyl (C=O) groups excluding carboxylic acids is 1. The molecule has 1 aliphatic heterocycles. The molecule has 0 spiro atoms. The number of hydrogen-bond acceptors (Lipinski definition) is 3. The minimum Gasteiger partial charge on any atom is -0.268 e. The third-order valence-corrected chi connectivity index (χ3v) is 6.02. The minimum absolute atomic E-state index is 0.148. The second-order valence-corrected chi connectivity index (χ2v) is 7.71. The van der Waals surface area contributed by atoms with Crippen LogP contribution in [0.15, 0.2) is 77.7 Å². The Morgan fingerprint density at radius 1 is 0.840 bits per heavy atom. The predicted molar refractivity (Wildman–Crippen MR) is 97.1 cm³/mol. The first-order valence-electron chi connectivity index (χ1n) is 7.85. The van der Waals surface area contributed by atoms with E-state index in [-0.39, 0.29) is 4.90 Å². The molecule has 0 saturated carbocycles. The maximum absolute atomic E-state index is 13.2. The van der Waals surface area contributed by atoms with Crippen LogP contribution in [0.5, 0.6) is 0 Å². The van der Waals surface area contributed by atoms with Gasteiger partial charge < -0.3 is 0 Å². The molecule has 124 valence electrons. The second-order valence-electron chi connectivity index (χ2n) is 5.96. The van der Waals surface area contributed by atoms with Crippen molar-refractivity contribution in [2.75, 3.05) is 4.31 Å². The fourth-order valence-corrected chi connectivity index (χ4v) is 4.78. The lowest BCUT2D eigenvalue weighted by molar-refractivity contribution is 0.100. The Balaban J connectivity index is 1.99. The Bertz CT molecular complexity index is 1100. The SMILES string of the molecule is Cc1cccc(C(=O)N2c3ccccc3-c3ccccc3S2(=O)=O)c1. The molecule has 3 aromatic carbocycles. The van der Waals surface area contributed by atoms with Gasteiger partial charge in [0.1, 0.15) is 0 Å². The number of carbonyl (C=O) groups is 1. The van der Waals surface area contributed by atoms with E-state index in [0.717, 1.165) is 15.4 Å². The first kappa shape index (κ1) is 15.6. The Hall–Kier alpha value is -2.92. The monoisotopic (exact) mass is 349 g/mol. The molecular weight excluding hydrogens is 334 g/mol. The van der Waals surface area contributed by atoms with Crippen molar-refractivity contribution in [2.45, 2.75) is 11.8 Å². The maximum atomic E-state index is 13.2. The van der Waals surface area contributed by atoms with Gasteiger partial charge in [-0.15, -0.1) is 0 Å². The molecule has 1 aliphatic rings. The maximum Gasteiger partial charge on any atom is 0.272 e. The van der Waals surface area contributed by atoms with Crippen LogP contribution in [0.4, 0.5) is 5.69 Å². The van der Waals surface area contributed by atoms with Crippen molar-refractivity contribution in [2.24, 2.45) is 0 Å². The molecule has 0 atom stereocenters. The zero-order valence-corrected chi connectivity index (χ0v) is 14.3. The second kappa shape index (κ2) is 5.57. The van der Waals surface area contributed by atoms with E-state index < -0.39 is 15.9 Å². The molecule has 4 nitrogen and oxygen atoms in total. The van der Waals surface area contributed by atoms with Gasteiger partial charge >= 0.3 is 0 Å². The van der Waals surface area contributed by atoms with Crippen LogP contribution in [-0.2, 0) is 10.0 Å². The van der Waals surface area contributed by atoms with E-state index in [2.05, 4.69) is 0 Å². The summed E-state index contributed by atoms with van der Waals surface area (Å²) in [6, 6.07) is 20.8.